The first-order chi connectivity index (χ1) is 13.1. The maximum Gasteiger partial charge on any atom is 0.344 e. The van der Waals surface area contributed by atoms with Crippen LogP contribution in [-0.2, 0) is 16.1 Å². The maximum absolute atomic E-state index is 12.8. The van der Waals surface area contributed by atoms with Gasteiger partial charge in [-0.15, -0.1) is 0 Å². The molecule has 27 heavy (non-hydrogen) atoms. The molecular formula is C21H15Cl2NO3. The minimum Gasteiger partial charge on any atom is -0.506 e. The number of benzene rings is 2. The molecule has 3 rings (SSSR count). The van der Waals surface area contributed by atoms with Gasteiger partial charge in [-0.25, -0.2) is 4.79 Å². The smallest absolute Gasteiger partial charge is 0.344 e. The average Bonchev–Trinajstić information content (AvgIpc) is 2.68. The lowest BCUT2D eigenvalue weighted by atomic mass is 10.0. The predicted octanol–water partition coefficient (Wildman–Crippen LogP) is 5.56. The van der Waals surface area contributed by atoms with Gasteiger partial charge in [0.2, 0.25) is 0 Å². The van der Waals surface area contributed by atoms with Crippen molar-refractivity contribution in [1.29, 1.82) is 0 Å². The predicted molar refractivity (Wildman–Crippen MR) is 106 cm³/mol. The molecule has 3 aromatic rings. The number of pyridine rings is 1. The first-order valence-electron chi connectivity index (χ1n) is 8.07. The Kier molecular flexibility index (Phi) is 6.12. The van der Waals surface area contributed by atoms with Gasteiger partial charge in [0.1, 0.15) is 17.9 Å². The Labute approximate surface area is 166 Å². The van der Waals surface area contributed by atoms with Crippen molar-refractivity contribution < 1.29 is 14.6 Å². The number of carbonyl (C=O) groups excluding carboxylic acids is 1. The minimum atomic E-state index is -0.707. The number of nitrogens with zero attached hydrogens (tertiary/aromatic N) is 1. The Bertz CT molecular complexity index is 973. The monoisotopic (exact) mass is 399 g/mol. The van der Waals surface area contributed by atoms with Crippen LogP contribution in [0.5, 0.6) is 0 Å². The number of rotatable bonds is 5. The molecule has 0 aliphatic carbocycles. The Hall–Kier alpha value is -2.82. The molecule has 0 saturated heterocycles. The number of halogens is 2. The molecule has 1 N–H and O–H groups in total. The van der Waals surface area contributed by atoms with Crippen LogP contribution >= 0.6 is 23.2 Å². The van der Waals surface area contributed by atoms with E-state index in [-0.39, 0.29) is 34.2 Å². The first kappa shape index (κ1) is 19.0. The highest BCUT2D eigenvalue weighted by molar-refractivity contribution is 6.36. The highest BCUT2D eigenvalue weighted by Gasteiger charge is 2.23. The molecule has 0 bridgehead atoms. The van der Waals surface area contributed by atoms with Crippen molar-refractivity contribution in [2.75, 3.05) is 0 Å². The molecule has 1 heterocycles. The molecule has 0 unspecified atom stereocenters. The zero-order valence-electron chi connectivity index (χ0n) is 14.1. The van der Waals surface area contributed by atoms with Crippen LogP contribution in [0.25, 0.3) is 11.3 Å². The van der Waals surface area contributed by atoms with Gasteiger partial charge in [0.15, 0.2) is 0 Å². The molecular weight excluding hydrogens is 385 g/mol. The minimum absolute atomic E-state index is 0.0671. The molecule has 0 radical (unpaired) electrons. The normalized spacial score (nSPS) is 11.6. The molecule has 136 valence electrons. The summed E-state index contributed by atoms with van der Waals surface area (Å²) in [7, 11) is 0. The lowest BCUT2D eigenvalue weighted by Gasteiger charge is -2.12. The van der Waals surface area contributed by atoms with Crippen LogP contribution in [0.1, 0.15) is 16.8 Å². The summed E-state index contributed by atoms with van der Waals surface area (Å²) < 4.78 is 5.38. The fourth-order valence-corrected chi connectivity index (χ4v) is 2.94. The molecule has 1 aromatic heterocycles. The lowest BCUT2D eigenvalue weighted by molar-refractivity contribution is -0.137. The Morgan fingerprint density at radius 1 is 1.00 bits per heavy atom. The van der Waals surface area contributed by atoms with Crippen molar-refractivity contribution in [3.63, 3.8) is 0 Å². The van der Waals surface area contributed by atoms with Crippen molar-refractivity contribution in [1.82, 2.24) is 4.98 Å². The van der Waals surface area contributed by atoms with Gasteiger partial charge in [0.05, 0.1) is 10.7 Å². The number of aliphatic hydroxyl groups excluding tert-OH is 1. The molecule has 0 aliphatic rings. The van der Waals surface area contributed by atoms with E-state index < -0.39 is 5.97 Å². The molecule has 6 heteroatoms. The summed E-state index contributed by atoms with van der Waals surface area (Å²) in [4.78, 5) is 16.9. The third-order valence-electron chi connectivity index (χ3n) is 3.76. The SMILES string of the molecule is O=C(OCc1ccccc1)/C(=C(\O)c1ccc(Cl)cc1Cl)c1ccccn1. The van der Waals surface area contributed by atoms with E-state index in [4.69, 9.17) is 27.9 Å². The van der Waals surface area contributed by atoms with Crippen LogP contribution in [0.2, 0.25) is 10.0 Å². The summed E-state index contributed by atoms with van der Waals surface area (Å²) in [5, 5.41) is 11.4. The zero-order chi connectivity index (χ0) is 19.2. The van der Waals surface area contributed by atoms with E-state index in [1.165, 1.54) is 18.3 Å². The highest BCUT2D eigenvalue weighted by Crippen LogP contribution is 2.31. The van der Waals surface area contributed by atoms with Gasteiger partial charge in [-0.3, -0.25) is 4.98 Å². The van der Waals surface area contributed by atoms with Gasteiger partial charge in [0, 0.05) is 16.8 Å². The zero-order valence-corrected chi connectivity index (χ0v) is 15.6. The molecule has 0 aliphatic heterocycles. The van der Waals surface area contributed by atoms with Crippen LogP contribution in [0.15, 0.2) is 72.9 Å². The van der Waals surface area contributed by atoms with Gasteiger partial charge in [-0.1, -0.05) is 59.6 Å². The Morgan fingerprint density at radius 2 is 1.74 bits per heavy atom. The van der Waals surface area contributed by atoms with Crippen molar-refractivity contribution in [2.45, 2.75) is 6.61 Å². The summed E-state index contributed by atoms with van der Waals surface area (Å²) in [6.07, 6.45) is 1.52. The summed E-state index contributed by atoms with van der Waals surface area (Å²) in [5.74, 6) is -1.03. The Morgan fingerprint density at radius 3 is 2.41 bits per heavy atom. The average molecular weight is 400 g/mol. The fourth-order valence-electron chi connectivity index (χ4n) is 2.44. The van der Waals surface area contributed by atoms with Gasteiger partial charge >= 0.3 is 5.97 Å². The van der Waals surface area contributed by atoms with E-state index in [1.54, 1.807) is 24.3 Å². The molecule has 0 atom stereocenters. The van der Waals surface area contributed by atoms with Crippen LogP contribution in [0.4, 0.5) is 0 Å². The molecule has 0 saturated carbocycles. The van der Waals surface area contributed by atoms with E-state index in [9.17, 15) is 9.90 Å². The molecule has 0 amide bonds. The van der Waals surface area contributed by atoms with E-state index >= 15 is 0 Å². The molecule has 4 nitrogen and oxygen atoms in total. The summed E-state index contributed by atoms with van der Waals surface area (Å²) in [5.41, 5.74) is 1.29. The van der Waals surface area contributed by atoms with Gasteiger partial charge in [-0.2, -0.15) is 0 Å². The number of carbonyl (C=O) groups is 1. The van der Waals surface area contributed by atoms with Crippen molar-refractivity contribution >= 4 is 40.5 Å². The summed E-state index contributed by atoms with van der Waals surface area (Å²) >= 11 is 12.1. The van der Waals surface area contributed by atoms with E-state index in [0.717, 1.165) is 5.56 Å². The second-order valence-electron chi connectivity index (χ2n) is 5.62. The molecule has 0 spiro atoms. The standard InChI is InChI=1S/C21H15Cl2NO3/c22-15-9-10-16(17(23)12-15)20(25)19(18-8-4-5-11-24-18)21(26)27-13-14-6-2-1-3-7-14/h1-12,25H,13H2/b20-19-. The topological polar surface area (TPSA) is 59.4 Å². The third kappa shape index (κ3) is 4.67. The van der Waals surface area contributed by atoms with Gasteiger partial charge in [0.25, 0.3) is 0 Å². The number of aromatic nitrogens is 1. The second-order valence-corrected chi connectivity index (χ2v) is 6.47. The number of esters is 1. The molecule has 0 fully saturated rings. The fraction of sp³-hybridized carbons (Fsp3) is 0.0476. The Balaban J connectivity index is 1.99. The van der Waals surface area contributed by atoms with Crippen molar-refractivity contribution in [3.05, 3.63) is 99.8 Å². The van der Waals surface area contributed by atoms with Gasteiger partial charge < -0.3 is 9.84 Å². The number of ether oxygens (including phenoxy) is 1. The number of aliphatic hydroxyl groups is 1. The van der Waals surface area contributed by atoms with Crippen LogP contribution < -0.4 is 0 Å². The summed E-state index contributed by atoms with van der Waals surface area (Å²) in [6, 6.07) is 18.9. The van der Waals surface area contributed by atoms with Crippen LogP contribution in [0.3, 0.4) is 0 Å². The van der Waals surface area contributed by atoms with Crippen molar-refractivity contribution in [3.8, 4) is 0 Å². The molecule has 2 aromatic carbocycles. The third-order valence-corrected chi connectivity index (χ3v) is 4.31. The van der Waals surface area contributed by atoms with E-state index in [1.807, 2.05) is 30.3 Å². The first-order valence-corrected chi connectivity index (χ1v) is 8.83. The largest absolute Gasteiger partial charge is 0.506 e. The van der Waals surface area contributed by atoms with Crippen LogP contribution in [-0.4, -0.2) is 16.1 Å². The number of hydrogen-bond donors (Lipinski definition) is 1. The number of hydrogen-bond acceptors (Lipinski definition) is 4. The quantitative estimate of drug-likeness (QED) is 0.346. The maximum atomic E-state index is 12.8. The lowest BCUT2D eigenvalue weighted by Crippen LogP contribution is -2.11. The summed E-state index contributed by atoms with van der Waals surface area (Å²) in [6.45, 7) is 0.0671. The van der Waals surface area contributed by atoms with Gasteiger partial charge in [-0.05, 0) is 35.9 Å². The van der Waals surface area contributed by atoms with Crippen LogP contribution in [0, 0.1) is 0 Å². The highest BCUT2D eigenvalue weighted by atomic mass is 35.5. The van der Waals surface area contributed by atoms with E-state index in [2.05, 4.69) is 4.98 Å². The van der Waals surface area contributed by atoms with E-state index in [0.29, 0.717) is 5.02 Å². The second kappa shape index (κ2) is 8.71. The van der Waals surface area contributed by atoms with Crippen molar-refractivity contribution in [2.24, 2.45) is 0 Å².